The van der Waals surface area contributed by atoms with Gasteiger partial charge < -0.3 is 20.8 Å². The Hall–Kier alpha value is -3.19. The summed E-state index contributed by atoms with van der Waals surface area (Å²) in [5.74, 6) is -1.41. The Morgan fingerprint density at radius 2 is 1.59 bits per heavy atom. The smallest absolute Gasteiger partial charge is 0.337 e. The average molecular weight is 455 g/mol. The SMILES string of the molecule is CC(=O)Nc1cc(-c2ccc(CCNC[C@@H](O)c3ccccc3)cc2)ccc1C(=O)O.Cl. The van der Waals surface area contributed by atoms with Crippen LogP contribution in [0.4, 0.5) is 5.69 Å². The van der Waals surface area contributed by atoms with Gasteiger partial charge in [0.25, 0.3) is 0 Å². The molecule has 0 saturated heterocycles. The van der Waals surface area contributed by atoms with Gasteiger partial charge >= 0.3 is 5.97 Å². The van der Waals surface area contributed by atoms with E-state index in [1.165, 1.54) is 13.0 Å². The summed E-state index contributed by atoms with van der Waals surface area (Å²) in [5, 5.41) is 25.3. The number of hydrogen-bond acceptors (Lipinski definition) is 4. The fourth-order valence-electron chi connectivity index (χ4n) is 3.33. The molecule has 3 aromatic rings. The number of rotatable bonds is 9. The van der Waals surface area contributed by atoms with Crippen molar-refractivity contribution in [1.82, 2.24) is 5.32 Å². The highest BCUT2D eigenvalue weighted by Gasteiger charge is 2.12. The molecular weight excluding hydrogens is 428 g/mol. The Bertz CT molecular complexity index is 1040. The van der Waals surface area contributed by atoms with E-state index in [1.807, 2.05) is 54.6 Å². The molecular formula is C25H27ClN2O4. The number of amides is 1. The van der Waals surface area contributed by atoms with Crippen LogP contribution in [0.2, 0.25) is 0 Å². The second-order valence-electron chi connectivity index (χ2n) is 7.32. The molecule has 6 nitrogen and oxygen atoms in total. The van der Waals surface area contributed by atoms with E-state index < -0.39 is 12.1 Å². The van der Waals surface area contributed by atoms with Gasteiger partial charge in [-0.05, 0) is 47.4 Å². The molecule has 168 valence electrons. The number of carboxylic acid groups (broad SMARTS) is 1. The Morgan fingerprint density at radius 3 is 2.22 bits per heavy atom. The average Bonchev–Trinajstić information content (AvgIpc) is 2.77. The van der Waals surface area contributed by atoms with Gasteiger partial charge in [-0.2, -0.15) is 0 Å². The van der Waals surface area contributed by atoms with Gasteiger partial charge in [0.05, 0.1) is 17.4 Å². The first-order chi connectivity index (χ1) is 14.9. The molecule has 0 bridgehead atoms. The lowest BCUT2D eigenvalue weighted by molar-refractivity contribution is -0.114. The van der Waals surface area contributed by atoms with E-state index >= 15 is 0 Å². The maximum atomic E-state index is 11.4. The fraction of sp³-hybridized carbons (Fsp3) is 0.200. The van der Waals surface area contributed by atoms with Crippen molar-refractivity contribution in [2.24, 2.45) is 0 Å². The molecule has 3 rings (SSSR count). The highest BCUT2D eigenvalue weighted by atomic mass is 35.5. The normalized spacial score (nSPS) is 11.3. The summed E-state index contributed by atoms with van der Waals surface area (Å²) in [6, 6.07) is 22.5. The van der Waals surface area contributed by atoms with Crippen molar-refractivity contribution in [3.8, 4) is 11.1 Å². The summed E-state index contributed by atoms with van der Waals surface area (Å²) >= 11 is 0. The van der Waals surface area contributed by atoms with Crippen LogP contribution in [0.3, 0.4) is 0 Å². The molecule has 0 aliphatic rings. The number of carboxylic acids is 1. The van der Waals surface area contributed by atoms with E-state index in [2.05, 4.69) is 10.6 Å². The minimum absolute atomic E-state index is 0. The summed E-state index contributed by atoms with van der Waals surface area (Å²) in [6.45, 7) is 2.58. The first kappa shape index (κ1) is 25.1. The molecule has 4 N–H and O–H groups in total. The Kier molecular flexibility index (Phi) is 9.40. The molecule has 0 heterocycles. The van der Waals surface area contributed by atoms with E-state index in [0.29, 0.717) is 6.54 Å². The summed E-state index contributed by atoms with van der Waals surface area (Å²) in [4.78, 5) is 22.8. The van der Waals surface area contributed by atoms with Crippen molar-refractivity contribution in [1.29, 1.82) is 0 Å². The number of anilines is 1. The minimum atomic E-state index is -1.09. The van der Waals surface area contributed by atoms with E-state index in [9.17, 15) is 19.8 Å². The third-order valence-electron chi connectivity index (χ3n) is 4.96. The van der Waals surface area contributed by atoms with Crippen LogP contribution in [0.1, 0.15) is 34.5 Å². The van der Waals surface area contributed by atoms with Crippen molar-refractivity contribution in [3.05, 3.63) is 89.5 Å². The molecule has 0 saturated carbocycles. The molecule has 1 atom stereocenters. The van der Waals surface area contributed by atoms with Gasteiger partial charge in [-0.15, -0.1) is 12.4 Å². The fourth-order valence-corrected chi connectivity index (χ4v) is 3.33. The number of aromatic carboxylic acids is 1. The molecule has 32 heavy (non-hydrogen) atoms. The number of carbonyl (C=O) groups excluding carboxylic acids is 1. The number of carbonyl (C=O) groups is 2. The summed E-state index contributed by atoms with van der Waals surface area (Å²) in [7, 11) is 0. The Balaban J connectivity index is 0.00000363. The predicted octanol–water partition coefficient (Wildman–Crippen LogP) is 4.30. The monoisotopic (exact) mass is 454 g/mol. The van der Waals surface area contributed by atoms with E-state index in [0.717, 1.165) is 35.2 Å². The molecule has 0 aromatic heterocycles. The molecule has 0 radical (unpaired) electrons. The van der Waals surface area contributed by atoms with Crippen molar-refractivity contribution >= 4 is 30.0 Å². The van der Waals surface area contributed by atoms with Crippen molar-refractivity contribution < 1.29 is 19.8 Å². The van der Waals surface area contributed by atoms with Crippen molar-refractivity contribution in [2.45, 2.75) is 19.4 Å². The number of halogens is 1. The van der Waals surface area contributed by atoms with Crippen LogP contribution >= 0.6 is 12.4 Å². The Labute approximate surface area is 193 Å². The van der Waals surface area contributed by atoms with Gasteiger partial charge in [0.2, 0.25) is 5.91 Å². The standard InChI is InChI=1S/C25H26N2O4.ClH/c1-17(28)27-23-15-21(11-12-22(23)25(30)31)19-9-7-18(8-10-19)13-14-26-16-24(29)20-5-3-2-4-6-20;/h2-12,15,24,26,29H,13-14,16H2,1H3,(H,27,28)(H,30,31);1H/t24-;/m1./s1. The second-order valence-corrected chi connectivity index (χ2v) is 7.32. The topological polar surface area (TPSA) is 98.7 Å². The lowest BCUT2D eigenvalue weighted by Gasteiger charge is -2.12. The van der Waals surface area contributed by atoms with E-state index in [4.69, 9.17) is 0 Å². The predicted molar refractivity (Wildman–Crippen MR) is 128 cm³/mol. The van der Waals surface area contributed by atoms with Crippen LogP contribution in [-0.2, 0) is 11.2 Å². The van der Waals surface area contributed by atoms with Gasteiger partial charge in [-0.1, -0.05) is 60.7 Å². The van der Waals surface area contributed by atoms with Crippen molar-refractivity contribution in [3.63, 3.8) is 0 Å². The number of aliphatic hydroxyl groups excluding tert-OH is 1. The molecule has 0 aliphatic carbocycles. The van der Waals surface area contributed by atoms with Crippen molar-refractivity contribution in [2.75, 3.05) is 18.4 Å². The third kappa shape index (κ3) is 6.92. The number of nitrogens with one attached hydrogen (secondary N) is 2. The zero-order valence-corrected chi connectivity index (χ0v) is 18.6. The lowest BCUT2D eigenvalue weighted by atomic mass is 10.00. The minimum Gasteiger partial charge on any atom is -0.478 e. The maximum absolute atomic E-state index is 11.4. The van der Waals surface area contributed by atoms with Gasteiger partial charge in [0, 0.05) is 13.5 Å². The van der Waals surface area contributed by atoms with Crippen LogP contribution < -0.4 is 10.6 Å². The first-order valence-corrected chi connectivity index (χ1v) is 10.1. The lowest BCUT2D eigenvalue weighted by Crippen LogP contribution is -2.23. The quantitative estimate of drug-likeness (QED) is 0.361. The van der Waals surface area contributed by atoms with E-state index in [-0.39, 0.29) is 29.6 Å². The number of benzene rings is 3. The molecule has 1 amide bonds. The summed E-state index contributed by atoms with van der Waals surface area (Å²) < 4.78 is 0. The van der Waals surface area contributed by atoms with Crippen LogP contribution in [0.25, 0.3) is 11.1 Å². The van der Waals surface area contributed by atoms with Gasteiger partial charge in [-0.25, -0.2) is 4.79 Å². The largest absolute Gasteiger partial charge is 0.478 e. The summed E-state index contributed by atoms with van der Waals surface area (Å²) in [5.41, 5.74) is 4.13. The summed E-state index contributed by atoms with van der Waals surface area (Å²) in [6.07, 6.45) is 0.284. The van der Waals surface area contributed by atoms with Crippen LogP contribution in [0.5, 0.6) is 0 Å². The third-order valence-corrected chi connectivity index (χ3v) is 4.96. The highest BCUT2D eigenvalue weighted by Crippen LogP contribution is 2.26. The molecule has 3 aromatic carbocycles. The second kappa shape index (κ2) is 12.0. The zero-order chi connectivity index (χ0) is 22.2. The van der Waals surface area contributed by atoms with E-state index in [1.54, 1.807) is 12.1 Å². The van der Waals surface area contributed by atoms with Gasteiger partial charge in [0.1, 0.15) is 0 Å². The Morgan fingerprint density at radius 1 is 0.938 bits per heavy atom. The zero-order valence-electron chi connectivity index (χ0n) is 17.7. The molecule has 0 aliphatic heterocycles. The first-order valence-electron chi connectivity index (χ1n) is 10.1. The van der Waals surface area contributed by atoms with Gasteiger partial charge in [0.15, 0.2) is 0 Å². The highest BCUT2D eigenvalue weighted by molar-refractivity contribution is 6.00. The number of hydrogen-bond donors (Lipinski definition) is 4. The molecule has 7 heteroatoms. The van der Waals surface area contributed by atoms with Crippen LogP contribution in [0.15, 0.2) is 72.8 Å². The van der Waals surface area contributed by atoms with Crippen LogP contribution in [0, 0.1) is 0 Å². The van der Waals surface area contributed by atoms with Gasteiger partial charge in [-0.3, -0.25) is 4.79 Å². The molecule has 0 fully saturated rings. The maximum Gasteiger partial charge on any atom is 0.337 e. The molecule has 0 spiro atoms. The van der Waals surface area contributed by atoms with Crippen LogP contribution in [-0.4, -0.2) is 35.2 Å². The molecule has 0 unspecified atom stereocenters. The number of aliphatic hydroxyl groups is 1.